The van der Waals surface area contributed by atoms with Crippen molar-refractivity contribution in [3.05, 3.63) is 87.6 Å². The van der Waals surface area contributed by atoms with Crippen LogP contribution in [0.2, 0.25) is 5.15 Å². The summed E-state index contributed by atoms with van der Waals surface area (Å²) in [5.41, 5.74) is 11.0. The van der Waals surface area contributed by atoms with Gasteiger partial charge in [0.2, 0.25) is 0 Å². The Bertz CT molecular complexity index is 2650. The molecule has 0 atom stereocenters. The van der Waals surface area contributed by atoms with E-state index in [1.54, 1.807) is 19.1 Å². The van der Waals surface area contributed by atoms with Gasteiger partial charge in [0.05, 0.1) is 39.1 Å². The summed E-state index contributed by atoms with van der Waals surface area (Å²) in [7, 11) is 0. The summed E-state index contributed by atoms with van der Waals surface area (Å²) in [4.78, 5) is 48.5. The van der Waals surface area contributed by atoms with E-state index in [9.17, 15) is 35.9 Å². The van der Waals surface area contributed by atoms with E-state index in [0.29, 0.717) is 69.5 Å². The van der Waals surface area contributed by atoms with Gasteiger partial charge in [-0.25, -0.2) is 19.9 Å². The normalized spacial score (nSPS) is 17.1. The average Bonchev–Trinajstić information content (AvgIpc) is 4.04. The number of hydrogen-bond donors (Lipinski definition) is 6. The van der Waals surface area contributed by atoms with Gasteiger partial charge in [-0.2, -0.15) is 26.3 Å². The second kappa shape index (κ2) is 15.5. The number of aryl methyl sites for hydroxylation is 2. The lowest BCUT2D eigenvalue weighted by molar-refractivity contribution is -0.156. The summed E-state index contributed by atoms with van der Waals surface area (Å²) in [5, 5.41) is 8.64. The monoisotopic (exact) mass is 874 g/mol. The number of para-hydroxylation sites is 2. The molecule has 316 valence electrons. The molecule has 12 nitrogen and oxygen atoms in total. The van der Waals surface area contributed by atoms with Crippen molar-refractivity contribution in [2.45, 2.75) is 75.8 Å². The lowest BCUT2D eigenvalue weighted by Gasteiger charge is -2.22. The third kappa shape index (κ3) is 8.07. The van der Waals surface area contributed by atoms with Crippen LogP contribution in [0.1, 0.15) is 69.2 Å². The summed E-state index contributed by atoms with van der Waals surface area (Å²) in [6, 6.07) is 14.8. The summed E-state index contributed by atoms with van der Waals surface area (Å²) < 4.78 is 74.7. The number of nitrogens with one attached hydrogen (secondary N) is 5. The van der Waals surface area contributed by atoms with Gasteiger partial charge >= 0.3 is 12.4 Å². The number of rotatable bonds is 4. The Labute approximate surface area is 349 Å². The van der Waals surface area contributed by atoms with Gasteiger partial charge in [-0.05, 0) is 63.8 Å². The first-order valence-electron chi connectivity index (χ1n) is 18.8. The topological polar surface area (TPSA) is 179 Å². The van der Waals surface area contributed by atoms with Crippen LogP contribution >= 0.6 is 24.0 Å². The highest BCUT2D eigenvalue weighted by molar-refractivity contribution is 6.30. The number of halogens is 8. The van der Waals surface area contributed by atoms with Crippen molar-refractivity contribution in [2.24, 2.45) is 5.73 Å². The number of carbonyl (C=O) groups excluding carboxylic acids is 2. The van der Waals surface area contributed by atoms with Crippen LogP contribution in [-0.2, 0) is 12.8 Å². The van der Waals surface area contributed by atoms with E-state index in [-0.39, 0.29) is 55.7 Å². The summed E-state index contributed by atoms with van der Waals surface area (Å²) in [6.45, 7) is 4.70. The van der Waals surface area contributed by atoms with E-state index in [2.05, 4.69) is 45.9 Å². The van der Waals surface area contributed by atoms with E-state index in [4.69, 9.17) is 17.3 Å². The number of carbonyl (C=O) groups is 2. The molecule has 2 fully saturated rings. The Kier molecular flexibility index (Phi) is 11.0. The van der Waals surface area contributed by atoms with Gasteiger partial charge in [-0.3, -0.25) is 9.59 Å². The maximum absolute atomic E-state index is 13.4. The van der Waals surface area contributed by atoms with Crippen LogP contribution in [-0.4, -0.2) is 78.2 Å². The minimum atomic E-state index is -4.35. The number of nitrogens with zero attached hydrogens (tertiary/aromatic N) is 4. The fourth-order valence-electron chi connectivity index (χ4n) is 6.99. The molecule has 0 spiro atoms. The van der Waals surface area contributed by atoms with E-state index in [1.807, 2.05) is 43.3 Å². The smallest absolute Gasteiger partial charge is 0.358 e. The Morgan fingerprint density at radius 2 is 1.17 bits per heavy atom. The number of amides is 2. The molecule has 2 aromatic carbocycles. The number of hydrogen-bond acceptors (Lipinski definition) is 8. The molecule has 0 radical (unpaired) electrons. The number of H-pyrrole nitrogens is 2. The quantitative estimate of drug-likeness (QED) is 0.0963. The van der Waals surface area contributed by atoms with E-state index >= 15 is 0 Å². The SMILES string of the molecule is Cc1nc2cccc(-c3cc4c([nH]3)CCNC4=O)c2nc1Cl.Cc1nc2cccc(-c3cc4c([nH]3)CCNC4=O)c2nc1NC1(C(F)(F)F)CC1.Cl.NC1(C(F)(F)F)CC1. The van der Waals surface area contributed by atoms with Crippen molar-refractivity contribution in [3.8, 4) is 22.5 Å². The van der Waals surface area contributed by atoms with Crippen molar-refractivity contribution < 1.29 is 35.9 Å². The highest BCUT2D eigenvalue weighted by Crippen LogP contribution is 2.51. The third-order valence-corrected chi connectivity index (χ3v) is 11.2. The second-order valence-electron chi connectivity index (χ2n) is 15.1. The largest absolute Gasteiger partial charge is 0.411 e. The van der Waals surface area contributed by atoms with Gasteiger partial charge in [0.15, 0.2) is 5.15 Å². The molecule has 2 saturated carbocycles. The summed E-state index contributed by atoms with van der Waals surface area (Å²) >= 11 is 6.12. The Balaban J connectivity index is 0.000000155. The molecule has 0 unspecified atom stereocenters. The molecule has 60 heavy (non-hydrogen) atoms. The standard InChI is InChI=1S/C20H18F3N5O.C16H13ClN4O.C4H6F3N.ClH/c1-10-17(28-19(6-7-19)20(21,22)23)27-16-11(3-2-4-14(16)25-10)15-9-12-13(26-15)5-8-24-18(12)29;1-8-15(17)21-14-9(3-2-4-12(14)19-8)13-7-10-11(20-13)5-6-18-16(10)22;5-4(6,7)3(8)1-2-3;/h2-4,9,26H,5-8H2,1H3,(H,24,29)(H,27,28);2-4,7,20H,5-6H2,1H3,(H,18,22);1-2,8H2;1H. The van der Waals surface area contributed by atoms with E-state index in [1.165, 1.54) is 0 Å². The fraction of sp³-hybridized carbons (Fsp3) is 0.350. The maximum atomic E-state index is 13.4. The molecule has 2 aliphatic heterocycles. The summed E-state index contributed by atoms with van der Waals surface area (Å²) in [5.74, 6) is -0.0445. The van der Waals surface area contributed by atoms with Gasteiger partial charge in [-0.15, -0.1) is 12.4 Å². The first-order valence-corrected chi connectivity index (χ1v) is 19.2. The van der Waals surface area contributed by atoms with E-state index < -0.39 is 23.4 Å². The van der Waals surface area contributed by atoms with Gasteiger partial charge in [0, 0.05) is 59.8 Å². The van der Waals surface area contributed by atoms with Crippen molar-refractivity contribution in [3.63, 3.8) is 0 Å². The average molecular weight is 876 g/mol. The van der Waals surface area contributed by atoms with Crippen molar-refractivity contribution in [1.29, 1.82) is 0 Å². The molecular weight excluding hydrogens is 837 g/mol. The molecule has 0 bridgehead atoms. The maximum Gasteiger partial charge on any atom is 0.411 e. The van der Waals surface area contributed by atoms with E-state index in [0.717, 1.165) is 40.1 Å². The molecule has 2 aliphatic carbocycles. The zero-order valence-corrected chi connectivity index (χ0v) is 33.6. The number of nitrogens with two attached hydrogens (primary N) is 1. The highest BCUT2D eigenvalue weighted by Gasteiger charge is 2.64. The fourth-order valence-corrected chi connectivity index (χ4v) is 7.12. The number of aromatic amines is 2. The van der Waals surface area contributed by atoms with Crippen LogP contribution in [0.4, 0.5) is 32.2 Å². The van der Waals surface area contributed by atoms with Crippen LogP contribution in [0.3, 0.4) is 0 Å². The Hall–Kier alpha value is -5.46. The Morgan fingerprint density at radius 1 is 0.683 bits per heavy atom. The van der Waals surface area contributed by atoms with Crippen LogP contribution < -0.4 is 21.7 Å². The van der Waals surface area contributed by atoms with Gasteiger partial charge < -0.3 is 31.7 Å². The predicted octanol–water partition coefficient (Wildman–Crippen LogP) is 8.06. The highest BCUT2D eigenvalue weighted by atomic mass is 35.5. The predicted molar refractivity (Wildman–Crippen MR) is 216 cm³/mol. The number of alkyl halides is 6. The molecule has 2 amide bonds. The molecule has 10 rings (SSSR count). The number of benzene rings is 2. The van der Waals surface area contributed by atoms with Crippen LogP contribution in [0, 0.1) is 13.8 Å². The number of fused-ring (bicyclic) bond motifs is 4. The molecule has 4 aliphatic rings. The third-order valence-electron chi connectivity index (χ3n) is 10.9. The molecule has 4 aromatic heterocycles. The zero-order chi connectivity index (χ0) is 42.1. The molecule has 7 N–H and O–H groups in total. The van der Waals surface area contributed by atoms with Gasteiger partial charge in [0.1, 0.15) is 22.4 Å². The van der Waals surface area contributed by atoms with Crippen LogP contribution in [0.5, 0.6) is 0 Å². The van der Waals surface area contributed by atoms with Crippen molar-refractivity contribution >= 4 is 63.7 Å². The molecule has 20 heteroatoms. The molecule has 6 heterocycles. The lowest BCUT2D eigenvalue weighted by Crippen LogP contribution is -2.39. The van der Waals surface area contributed by atoms with Crippen molar-refractivity contribution in [1.82, 2.24) is 40.5 Å². The van der Waals surface area contributed by atoms with Crippen molar-refractivity contribution in [2.75, 3.05) is 18.4 Å². The van der Waals surface area contributed by atoms with Crippen LogP contribution in [0.25, 0.3) is 44.6 Å². The minimum Gasteiger partial charge on any atom is -0.358 e. The number of aromatic nitrogens is 6. The zero-order valence-electron chi connectivity index (χ0n) is 32.0. The molecule has 6 aromatic rings. The number of anilines is 1. The first kappa shape index (κ1) is 42.7. The van der Waals surface area contributed by atoms with Gasteiger partial charge in [0.25, 0.3) is 11.8 Å². The molecule has 0 saturated heterocycles. The lowest BCUT2D eigenvalue weighted by atomic mass is 10.1. The first-order chi connectivity index (χ1) is 27.9. The van der Waals surface area contributed by atoms with Crippen LogP contribution in [0.15, 0.2) is 48.5 Å². The Morgan fingerprint density at radius 3 is 1.58 bits per heavy atom. The second-order valence-corrected chi connectivity index (χ2v) is 15.5. The minimum absolute atomic E-state index is 0. The van der Waals surface area contributed by atoms with Gasteiger partial charge in [-0.1, -0.05) is 35.9 Å². The summed E-state index contributed by atoms with van der Waals surface area (Å²) in [6.07, 6.45) is -6.79. The molecular formula is C40H38Cl2F6N10O2.